The predicted molar refractivity (Wildman–Crippen MR) is 70.0 cm³/mol. The van der Waals surface area contributed by atoms with Gasteiger partial charge in [-0.15, -0.1) is 33.3 Å². The Labute approximate surface area is 108 Å². The van der Waals surface area contributed by atoms with Crippen molar-refractivity contribution >= 4 is 23.1 Å². The highest BCUT2D eigenvalue weighted by Gasteiger charge is 2.13. The Bertz CT molecular complexity index is 454. The van der Waals surface area contributed by atoms with Gasteiger partial charge in [-0.3, -0.25) is 0 Å². The second kappa shape index (κ2) is 5.66. The Morgan fingerprint density at radius 1 is 1.47 bits per heavy atom. The summed E-state index contributed by atoms with van der Waals surface area (Å²) < 4.78 is 5.54. The zero-order valence-electron chi connectivity index (χ0n) is 9.66. The Morgan fingerprint density at radius 2 is 2.29 bits per heavy atom. The van der Waals surface area contributed by atoms with Gasteiger partial charge in [-0.25, -0.2) is 0 Å². The Kier molecular flexibility index (Phi) is 4.20. The van der Waals surface area contributed by atoms with Crippen molar-refractivity contribution in [3.8, 4) is 10.8 Å². The first-order chi connectivity index (χ1) is 8.16. The highest BCUT2D eigenvalue weighted by molar-refractivity contribution is 7.99. The first-order valence-electron chi connectivity index (χ1n) is 5.32. The van der Waals surface area contributed by atoms with E-state index in [0.29, 0.717) is 17.5 Å². The zero-order chi connectivity index (χ0) is 12.3. The normalized spacial score (nSPS) is 14.8. The van der Waals surface area contributed by atoms with E-state index in [4.69, 9.17) is 4.42 Å². The molecular formula is C11H14N2O2S2. The van der Waals surface area contributed by atoms with Crippen molar-refractivity contribution in [1.82, 2.24) is 10.2 Å². The molecule has 17 heavy (non-hydrogen) atoms. The highest BCUT2D eigenvalue weighted by Crippen LogP contribution is 2.25. The number of thioether (sulfide) groups is 1. The van der Waals surface area contributed by atoms with Crippen LogP contribution in [0.25, 0.3) is 10.8 Å². The number of aliphatic hydroxyl groups is 1. The molecule has 92 valence electrons. The van der Waals surface area contributed by atoms with Crippen LogP contribution in [0.1, 0.15) is 19.7 Å². The van der Waals surface area contributed by atoms with Crippen molar-refractivity contribution in [3.63, 3.8) is 0 Å². The summed E-state index contributed by atoms with van der Waals surface area (Å²) in [5.41, 5.74) is 0. The minimum Gasteiger partial charge on any atom is -0.419 e. The van der Waals surface area contributed by atoms with Gasteiger partial charge in [0.1, 0.15) is 0 Å². The van der Waals surface area contributed by atoms with Crippen molar-refractivity contribution in [2.75, 3.05) is 0 Å². The van der Waals surface area contributed by atoms with Gasteiger partial charge in [0.15, 0.2) is 0 Å². The maximum absolute atomic E-state index is 9.37. The molecule has 0 aliphatic carbocycles. The second-order valence-corrected chi connectivity index (χ2v) is 6.05. The fourth-order valence-corrected chi connectivity index (χ4v) is 2.60. The fraction of sp³-hybridized carbons (Fsp3) is 0.455. The Hall–Kier alpha value is -0.850. The largest absolute Gasteiger partial charge is 0.419 e. The lowest BCUT2D eigenvalue weighted by molar-refractivity contribution is 0.196. The molecule has 0 aliphatic rings. The molecule has 2 aromatic heterocycles. The summed E-state index contributed by atoms with van der Waals surface area (Å²) in [6.45, 7) is 3.76. The van der Waals surface area contributed by atoms with Crippen LogP contribution in [-0.2, 0) is 5.75 Å². The van der Waals surface area contributed by atoms with Crippen LogP contribution in [0.3, 0.4) is 0 Å². The van der Waals surface area contributed by atoms with Gasteiger partial charge in [0.25, 0.3) is 5.89 Å². The first-order valence-corrected chi connectivity index (χ1v) is 7.25. The van der Waals surface area contributed by atoms with Gasteiger partial charge in [-0.2, -0.15) is 0 Å². The Morgan fingerprint density at radius 3 is 2.94 bits per heavy atom. The molecule has 2 unspecified atom stereocenters. The van der Waals surface area contributed by atoms with Crippen LogP contribution in [-0.4, -0.2) is 26.7 Å². The molecule has 6 heteroatoms. The minimum atomic E-state index is -0.334. The lowest BCUT2D eigenvalue weighted by atomic mass is 10.3. The molecule has 1 N–H and O–H groups in total. The quantitative estimate of drug-likeness (QED) is 0.905. The van der Waals surface area contributed by atoms with Crippen LogP contribution in [0.15, 0.2) is 21.9 Å². The molecule has 0 amide bonds. The van der Waals surface area contributed by atoms with Crippen molar-refractivity contribution in [3.05, 3.63) is 23.4 Å². The van der Waals surface area contributed by atoms with E-state index < -0.39 is 0 Å². The summed E-state index contributed by atoms with van der Waals surface area (Å²) in [6, 6.07) is 3.90. The van der Waals surface area contributed by atoms with Gasteiger partial charge in [0.2, 0.25) is 5.89 Å². The van der Waals surface area contributed by atoms with Crippen LogP contribution in [0, 0.1) is 0 Å². The molecule has 0 aliphatic heterocycles. The number of aliphatic hydroxyl groups excluding tert-OH is 1. The lowest BCUT2D eigenvalue weighted by Gasteiger charge is -2.11. The molecule has 0 spiro atoms. The van der Waals surface area contributed by atoms with Crippen LogP contribution in [0.4, 0.5) is 0 Å². The van der Waals surface area contributed by atoms with Crippen LogP contribution in [0.2, 0.25) is 0 Å². The molecule has 2 heterocycles. The molecular weight excluding hydrogens is 256 g/mol. The smallest absolute Gasteiger partial charge is 0.257 e. The van der Waals surface area contributed by atoms with Crippen LogP contribution in [0.5, 0.6) is 0 Å². The molecule has 0 bridgehead atoms. The van der Waals surface area contributed by atoms with Crippen molar-refractivity contribution in [2.45, 2.75) is 31.0 Å². The van der Waals surface area contributed by atoms with E-state index in [1.807, 2.05) is 24.4 Å². The molecule has 0 saturated heterocycles. The van der Waals surface area contributed by atoms with Crippen molar-refractivity contribution in [2.24, 2.45) is 0 Å². The molecule has 0 saturated carbocycles. The minimum absolute atomic E-state index is 0.159. The number of rotatable bonds is 5. The van der Waals surface area contributed by atoms with Gasteiger partial charge in [0.05, 0.1) is 16.7 Å². The van der Waals surface area contributed by atoms with Gasteiger partial charge in [-0.1, -0.05) is 13.0 Å². The average molecular weight is 270 g/mol. The average Bonchev–Trinajstić information content (AvgIpc) is 2.95. The van der Waals surface area contributed by atoms with Gasteiger partial charge >= 0.3 is 0 Å². The third-order valence-corrected chi connectivity index (χ3v) is 4.54. The van der Waals surface area contributed by atoms with Crippen LogP contribution < -0.4 is 0 Å². The molecule has 0 fully saturated rings. The topological polar surface area (TPSA) is 59.2 Å². The summed E-state index contributed by atoms with van der Waals surface area (Å²) in [7, 11) is 0. The predicted octanol–water partition coefficient (Wildman–Crippen LogP) is 2.80. The van der Waals surface area contributed by atoms with Crippen LogP contribution >= 0.6 is 23.1 Å². The zero-order valence-corrected chi connectivity index (χ0v) is 11.3. The first kappa shape index (κ1) is 12.6. The number of nitrogens with zero attached hydrogens (tertiary/aromatic N) is 2. The van der Waals surface area contributed by atoms with E-state index in [-0.39, 0.29) is 11.4 Å². The van der Waals surface area contributed by atoms with E-state index in [2.05, 4.69) is 10.2 Å². The molecule has 4 nitrogen and oxygen atoms in total. The SMILES string of the molecule is CC(O)C(C)SCc1nnc(-c2cccs2)o1. The van der Waals surface area contributed by atoms with E-state index in [1.54, 1.807) is 30.0 Å². The number of hydrogen-bond acceptors (Lipinski definition) is 6. The lowest BCUT2D eigenvalue weighted by Crippen LogP contribution is -2.15. The maximum atomic E-state index is 9.37. The summed E-state index contributed by atoms with van der Waals surface area (Å²) in [5, 5.41) is 19.5. The van der Waals surface area contributed by atoms with E-state index >= 15 is 0 Å². The van der Waals surface area contributed by atoms with E-state index in [0.717, 1.165) is 4.88 Å². The monoisotopic (exact) mass is 270 g/mol. The highest BCUT2D eigenvalue weighted by atomic mass is 32.2. The van der Waals surface area contributed by atoms with Crippen molar-refractivity contribution < 1.29 is 9.52 Å². The number of aromatic nitrogens is 2. The summed E-state index contributed by atoms with van der Waals surface area (Å²) in [4.78, 5) is 0.984. The van der Waals surface area contributed by atoms with Crippen molar-refractivity contribution in [1.29, 1.82) is 0 Å². The number of hydrogen-bond donors (Lipinski definition) is 1. The molecule has 0 radical (unpaired) electrons. The van der Waals surface area contributed by atoms with Gasteiger partial charge in [-0.05, 0) is 18.4 Å². The summed E-state index contributed by atoms with van der Waals surface area (Å²) >= 11 is 3.18. The Balaban J connectivity index is 1.95. The molecule has 0 aromatic carbocycles. The standard InChI is InChI=1S/C11H14N2O2S2/c1-7(14)8(2)17-6-10-12-13-11(15-10)9-4-3-5-16-9/h3-5,7-8,14H,6H2,1-2H3. The molecule has 2 atom stereocenters. The van der Waals surface area contributed by atoms with E-state index in [9.17, 15) is 5.11 Å². The maximum Gasteiger partial charge on any atom is 0.257 e. The van der Waals surface area contributed by atoms with Gasteiger partial charge in [0, 0.05) is 5.25 Å². The van der Waals surface area contributed by atoms with E-state index in [1.165, 1.54) is 0 Å². The third kappa shape index (κ3) is 3.31. The molecule has 2 rings (SSSR count). The summed E-state index contributed by atoms with van der Waals surface area (Å²) in [6.07, 6.45) is -0.334. The number of thiophene rings is 1. The fourth-order valence-electron chi connectivity index (χ4n) is 1.15. The van der Waals surface area contributed by atoms with Gasteiger partial charge < -0.3 is 9.52 Å². The second-order valence-electron chi connectivity index (χ2n) is 3.73. The third-order valence-electron chi connectivity index (χ3n) is 2.35. The summed E-state index contributed by atoms with van der Waals surface area (Å²) in [5.74, 6) is 1.80. The molecule has 2 aromatic rings.